The lowest BCUT2D eigenvalue weighted by Crippen LogP contribution is -1.90. The maximum absolute atomic E-state index is 2.48. The summed E-state index contributed by atoms with van der Waals surface area (Å²) >= 11 is 0. The van der Waals surface area contributed by atoms with Gasteiger partial charge in [0.15, 0.2) is 0 Å². The van der Waals surface area contributed by atoms with Crippen LogP contribution in [-0.2, 0) is 0 Å². The zero-order valence-electron chi connectivity index (χ0n) is 22.5. The molecular weight excluding hydrogens is 480 g/mol. The highest BCUT2D eigenvalue weighted by atomic mass is 14.3. The Kier molecular flexibility index (Phi) is 4.28. The zero-order chi connectivity index (χ0) is 26.5. The molecule has 9 rings (SSSR count). The first kappa shape index (κ1) is 21.9. The Morgan fingerprint density at radius 2 is 0.975 bits per heavy atom. The lowest BCUT2D eigenvalue weighted by Gasteiger charge is -2.17. The van der Waals surface area contributed by atoms with Crippen LogP contribution in [0.5, 0.6) is 0 Å². The average Bonchev–Trinajstić information content (AvgIpc) is 3.33. The number of aryl methyl sites for hydroxylation is 2. The van der Waals surface area contributed by atoms with Crippen molar-refractivity contribution >= 4 is 53.9 Å². The van der Waals surface area contributed by atoms with Crippen LogP contribution < -0.4 is 0 Å². The zero-order valence-corrected chi connectivity index (χ0v) is 22.5. The van der Waals surface area contributed by atoms with E-state index in [1.165, 1.54) is 98.4 Å². The predicted molar refractivity (Wildman–Crippen MR) is 173 cm³/mol. The molecule has 0 saturated heterocycles. The van der Waals surface area contributed by atoms with Crippen LogP contribution in [0.15, 0.2) is 121 Å². The molecule has 0 spiro atoms. The lowest BCUT2D eigenvalue weighted by molar-refractivity contribution is 1.51. The highest BCUT2D eigenvalue weighted by Gasteiger charge is 2.25. The van der Waals surface area contributed by atoms with Gasteiger partial charge in [-0.25, -0.2) is 0 Å². The van der Waals surface area contributed by atoms with E-state index in [0.29, 0.717) is 0 Å². The summed E-state index contributed by atoms with van der Waals surface area (Å²) < 4.78 is 0. The van der Waals surface area contributed by atoms with Crippen molar-refractivity contribution in [2.24, 2.45) is 0 Å². The summed E-state index contributed by atoms with van der Waals surface area (Å²) in [5.41, 5.74) is 10.7. The SMILES string of the molecule is Cc1ccc2c(c1)c(-c1cc3ccccc3c3ccccc13)cc1c3ccc(C)c4c3c(cc21)-c1ccccc1-4. The molecule has 40 heavy (non-hydrogen) atoms. The molecular formula is C40H26. The lowest BCUT2D eigenvalue weighted by atomic mass is 9.86. The summed E-state index contributed by atoms with van der Waals surface area (Å²) in [4.78, 5) is 0. The molecule has 1 aliphatic rings. The normalized spacial score (nSPS) is 12.2. The van der Waals surface area contributed by atoms with Crippen molar-refractivity contribution in [3.63, 3.8) is 0 Å². The van der Waals surface area contributed by atoms with Gasteiger partial charge < -0.3 is 0 Å². The Morgan fingerprint density at radius 1 is 0.350 bits per heavy atom. The second-order valence-corrected chi connectivity index (χ2v) is 11.4. The standard InChI is InChI=1S/C40H26/c1-23-15-17-30-33(19-23)37(34-20-25-9-3-4-10-26(25)27-11-5-6-12-28(27)34)21-36-32-18-16-24(2)39-31-14-8-7-13-29(31)38(40(32)39)22-35(30)36/h3-22H,1-2H3. The number of hydrogen-bond acceptors (Lipinski definition) is 0. The van der Waals surface area contributed by atoms with Gasteiger partial charge in [-0.2, -0.15) is 0 Å². The van der Waals surface area contributed by atoms with Gasteiger partial charge in [0.25, 0.3) is 0 Å². The van der Waals surface area contributed by atoms with Crippen LogP contribution in [0.25, 0.3) is 87.2 Å². The van der Waals surface area contributed by atoms with E-state index >= 15 is 0 Å². The Bertz CT molecular complexity index is 2390. The Morgan fingerprint density at radius 3 is 1.85 bits per heavy atom. The topological polar surface area (TPSA) is 0 Å². The molecule has 0 N–H and O–H groups in total. The summed E-state index contributed by atoms with van der Waals surface area (Å²) in [5.74, 6) is 0. The molecule has 0 aliphatic heterocycles. The molecule has 0 saturated carbocycles. The van der Waals surface area contributed by atoms with Crippen LogP contribution in [0.3, 0.4) is 0 Å². The summed E-state index contributed by atoms with van der Waals surface area (Å²) in [5, 5.41) is 13.2. The van der Waals surface area contributed by atoms with Gasteiger partial charge in [0.2, 0.25) is 0 Å². The highest BCUT2D eigenvalue weighted by molar-refractivity contribution is 6.30. The van der Waals surface area contributed by atoms with Crippen molar-refractivity contribution in [1.82, 2.24) is 0 Å². The second kappa shape index (κ2) is 7.81. The van der Waals surface area contributed by atoms with Crippen LogP contribution in [-0.4, -0.2) is 0 Å². The fourth-order valence-corrected chi connectivity index (χ4v) is 7.36. The minimum absolute atomic E-state index is 1.28. The van der Waals surface area contributed by atoms with Gasteiger partial charge in [-0.15, -0.1) is 0 Å². The van der Waals surface area contributed by atoms with E-state index < -0.39 is 0 Å². The van der Waals surface area contributed by atoms with E-state index in [-0.39, 0.29) is 0 Å². The molecule has 0 heteroatoms. The van der Waals surface area contributed by atoms with E-state index in [9.17, 15) is 0 Å². The smallest absolute Gasteiger partial charge is 0.00172 e. The van der Waals surface area contributed by atoms with Crippen LogP contribution in [0.1, 0.15) is 11.1 Å². The van der Waals surface area contributed by atoms with E-state index in [1.807, 2.05) is 0 Å². The van der Waals surface area contributed by atoms with Gasteiger partial charge in [-0.1, -0.05) is 109 Å². The van der Waals surface area contributed by atoms with Crippen LogP contribution in [0.4, 0.5) is 0 Å². The summed E-state index contributed by atoms with van der Waals surface area (Å²) in [6, 6.07) is 45.6. The molecule has 0 nitrogen and oxygen atoms in total. The minimum Gasteiger partial charge on any atom is -0.0616 e. The summed E-state index contributed by atoms with van der Waals surface area (Å²) in [7, 11) is 0. The van der Waals surface area contributed by atoms with Crippen LogP contribution in [0.2, 0.25) is 0 Å². The summed E-state index contributed by atoms with van der Waals surface area (Å²) in [6.45, 7) is 4.46. The fraction of sp³-hybridized carbons (Fsp3) is 0.0500. The average molecular weight is 507 g/mol. The van der Waals surface area contributed by atoms with E-state index in [0.717, 1.165) is 0 Å². The number of rotatable bonds is 1. The number of fused-ring (bicyclic) bond motifs is 10. The number of hydrogen-bond donors (Lipinski definition) is 0. The molecule has 0 heterocycles. The van der Waals surface area contributed by atoms with Crippen LogP contribution in [0, 0.1) is 13.8 Å². The third-order valence-electron chi connectivity index (χ3n) is 9.14. The molecule has 0 atom stereocenters. The van der Waals surface area contributed by atoms with Gasteiger partial charge in [0.05, 0.1) is 0 Å². The largest absolute Gasteiger partial charge is 0.0616 e. The Hall–Kier alpha value is -4.94. The van der Waals surface area contributed by atoms with Crippen molar-refractivity contribution in [3.05, 3.63) is 132 Å². The Balaban J connectivity index is 1.50. The van der Waals surface area contributed by atoms with Crippen molar-refractivity contribution in [2.45, 2.75) is 13.8 Å². The van der Waals surface area contributed by atoms with E-state index in [4.69, 9.17) is 0 Å². The van der Waals surface area contributed by atoms with Gasteiger partial charge in [-0.3, -0.25) is 0 Å². The summed E-state index contributed by atoms with van der Waals surface area (Å²) in [6.07, 6.45) is 0. The third-order valence-corrected chi connectivity index (χ3v) is 9.14. The molecule has 0 fully saturated rings. The third kappa shape index (κ3) is 2.81. The van der Waals surface area contributed by atoms with E-state index in [1.54, 1.807) is 0 Å². The molecule has 0 bridgehead atoms. The first-order valence-electron chi connectivity index (χ1n) is 14.1. The molecule has 8 aromatic carbocycles. The van der Waals surface area contributed by atoms with Crippen molar-refractivity contribution in [3.8, 4) is 33.4 Å². The van der Waals surface area contributed by atoms with Gasteiger partial charge >= 0.3 is 0 Å². The predicted octanol–water partition coefficient (Wildman–Crippen LogP) is 11.4. The van der Waals surface area contributed by atoms with Crippen molar-refractivity contribution < 1.29 is 0 Å². The fourth-order valence-electron chi connectivity index (χ4n) is 7.36. The van der Waals surface area contributed by atoms with E-state index in [2.05, 4.69) is 135 Å². The maximum Gasteiger partial charge on any atom is -0.00172 e. The van der Waals surface area contributed by atoms with Crippen LogP contribution >= 0.6 is 0 Å². The van der Waals surface area contributed by atoms with Crippen molar-refractivity contribution in [2.75, 3.05) is 0 Å². The van der Waals surface area contributed by atoms with Gasteiger partial charge in [0, 0.05) is 0 Å². The van der Waals surface area contributed by atoms with Gasteiger partial charge in [-0.05, 0) is 125 Å². The molecule has 186 valence electrons. The van der Waals surface area contributed by atoms with Gasteiger partial charge in [0.1, 0.15) is 0 Å². The highest BCUT2D eigenvalue weighted by Crippen LogP contribution is 2.52. The molecule has 0 aromatic heterocycles. The minimum atomic E-state index is 1.28. The Labute approximate surface area is 233 Å². The van der Waals surface area contributed by atoms with Crippen molar-refractivity contribution in [1.29, 1.82) is 0 Å². The molecule has 0 amide bonds. The maximum atomic E-state index is 2.48. The molecule has 0 radical (unpaired) electrons. The molecule has 0 unspecified atom stereocenters. The molecule has 8 aromatic rings. The monoisotopic (exact) mass is 506 g/mol. The molecule has 1 aliphatic carbocycles. The first-order valence-corrected chi connectivity index (χ1v) is 14.1. The first-order chi connectivity index (χ1) is 19.7. The second-order valence-electron chi connectivity index (χ2n) is 11.4. The number of benzene rings is 8. The quantitative estimate of drug-likeness (QED) is 0.194.